The number of carbonyl (C=O) groups excluding carboxylic acids is 3. The number of hydrogen-bond donors (Lipinski definition) is 2. The lowest BCUT2D eigenvalue weighted by Crippen LogP contribution is -2.44. The highest BCUT2D eigenvalue weighted by molar-refractivity contribution is 7.17. The fraction of sp³-hybridized carbons (Fsp3) is 0.235. The lowest BCUT2D eigenvalue weighted by molar-refractivity contribution is -0.127. The molecule has 2 N–H and O–H groups in total. The van der Waals surface area contributed by atoms with Gasteiger partial charge in [-0.3, -0.25) is 10.1 Å². The average molecular weight is 364 g/mol. The third kappa shape index (κ3) is 5.12. The molecule has 2 rings (SSSR count). The van der Waals surface area contributed by atoms with Crippen LogP contribution in [0.15, 0.2) is 36.4 Å². The smallest absolute Gasteiger partial charge is 0.349 e. The Morgan fingerprint density at radius 3 is 2.48 bits per heavy atom. The van der Waals surface area contributed by atoms with Crippen molar-refractivity contribution in [3.05, 3.63) is 47.1 Å². The van der Waals surface area contributed by atoms with Crippen molar-refractivity contribution in [3.8, 4) is 10.4 Å². The number of thiophene rings is 1. The number of rotatable bonds is 5. The molecule has 0 fully saturated rings. The molecule has 0 bridgehead atoms. The number of imide groups is 1. The summed E-state index contributed by atoms with van der Waals surface area (Å²) in [5.41, 5.74) is 0.771. The van der Waals surface area contributed by atoms with E-state index in [9.17, 15) is 18.8 Å². The van der Waals surface area contributed by atoms with Crippen molar-refractivity contribution in [2.75, 3.05) is 6.54 Å². The maximum Gasteiger partial charge on any atom is 0.349 e. The van der Waals surface area contributed by atoms with Gasteiger partial charge in [-0.15, -0.1) is 11.3 Å². The van der Waals surface area contributed by atoms with E-state index in [0.717, 1.165) is 10.4 Å². The van der Waals surface area contributed by atoms with Crippen LogP contribution in [-0.4, -0.2) is 30.6 Å². The maximum absolute atomic E-state index is 13.0. The Hall–Kier alpha value is -2.74. The number of carbonyl (C=O) groups is 3. The van der Waals surface area contributed by atoms with E-state index in [1.54, 1.807) is 31.2 Å². The van der Waals surface area contributed by atoms with E-state index in [1.807, 2.05) is 0 Å². The first-order chi connectivity index (χ1) is 11.9. The van der Waals surface area contributed by atoms with Gasteiger partial charge in [-0.2, -0.15) is 0 Å². The number of halogens is 1. The molecule has 0 saturated carbocycles. The van der Waals surface area contributed by atoms with Crippen LogP contribution < -0.4 is 10.6 Å². The van der Waals surface area contributed by atoms with Crippen LogP contribution in [-0.2, 0) is 9.53 Å². The van der Waals surface area contributed by atoms with Gasteiger partial charge in [0.15, 0.2) is 6.10 Å². The number of esters is 1. The maximum atomic E-state index is 13.0. The molecule has 0 aliphatic carbocycles. The first-order valence-corrected chi connectivity index (χ1v) is 8.37. The number of benzene rings is 1. The predicted molar refractivity (Wildman–Crippen MR) is 91.8 cm³/mol. The highest BCUT2D eigenvalue weighted by Crippen LogP contribution is 2.28. The standard InChI is InChI=1S/C17H17FN2O4S/c1-3-19-17(23)20-15(21)10(2)24-16(22)14-9-8-13(25-14)11-4-6-12(18)7-5-11/h4-10H,3H2,1-2H3,(H2,19,20,21,23). The van der Waals surface area contributed by atoms with Gasteiger partial charge in [0.05, 0.1) is 0 Å². The Morgan fingerprint density at radius 2 is 1.84 bits per heavy atom. The number of hydrogen-bond acceptors (Lipinski definition) is 5. The molecule has 1 heterocycles. The molecule has 1 unspecified atom stereocenters. The van der Waals surface area contributed by atoms with Crippen LogP contribution in [0.2, 0.25) is 0 Å². The monoisotopic (exact) mass is 364 g/mol. The third-order valence-electron chi connectivity index (χ3n) is 3.16. The molecule has 0 aliphatic heterocycles. The van der Waals surface area contributed by atoms with Gasteiger partial charge in [-0.1, -0.05) is 12.1 Å². The van der Waals surface area contributed by atoms with Crippen molar-refractivity contribution in [2.45, 2.75) is 20.0 Å². The van der Waals surface area contributed by atoms with E-state index in [1.165, 1.54) is 30.4 Å². The summed E-state index contributed by atoms with van der Waals surface area (Å²) in [6.07, 6.45) is -1.12. The topological polar surface area (TPSA) is 84.5 Å². The molecule has 0 aliphatic rings. The average Bonchev–Trinajstić information content (AvgIpc) is 3.05. The largest absolute Gasteiger partial charge is 0.448 e. The van der Waals surface area contributed by atoms with Gasteiger partial charge in [0.2, 0.25) is 0 Å². The number of ether oxygens (including phenoxy) is 1. The lowest BCUT2D eigenvalue weighted by Gasteiger charge is -2.12. The van der Waals surface area contributed by atoms with Crippen molar-refractivity contribution < 1.29 is 23.5 Å². The Labute approximate surface area is 148 Å². The highest BCUT2D eigenvalue weighted by Gasteiger charge is 2.21. The zero-order valence-electron chi connectivity index (χ0n) is 13.7. The zero-order chi connectivity index (χ0) is 18.4. The molecule has 25 heavy (non-hydrogen) atoms. The van der Waals surface area contributed by atoms with Crippen LogP contribution in [0.1, 0.15) is 23.5 Å². The molecule has 0 radical (unpaired) electrons. The van der Waals surface area contributed by atoms with Crippen LogP contribution in [0, 0.1) is 5.82 Å². The molecule has 0 spiro atoms. The fourth-order valence-electron chi connectivity index (χ4n) is 1.91. The first-order valence-electron chi connectivity index (χ1n) is 7.56. The van der Waals surface area contributed by atoms with E-state index in [2.05, 4.69) is 10.6 Å². The summed E-state index contributed by atoms with van der Waals surface area (Å²) < 4.78 is 18.0. The van der Waals surface area contributed by atoms with Crippen molar-refractivity contribution >= 4 is 29.2 Å². The van der Waals surface area contributed by atoms with E-state index in [4.69, 9.17) is 4.74 Å². The molecule has 2 aromatic rings. The minimum absolute atomic E-state index is 0.303. The number of nitrogens with one attached hydrogen (secondary N) is 2. The molecule has 0 saturated heterocycles. The Bertz CT molecular complexity index is 773. The Morgan fingerprint density at radius 1 is 1.16 bits per heavy atom. The van der Waals surface area contributed by atoms with Crippen molar-refractivity contribution in [1.82, 2.24) is 10.6 Å². The quantitative estimate of drug-likeness (QED) is 0.799. The van der Waals surface area contributed by atoms with E-state index >= 15 is 0 Å². The summed E-state index contributed by atoms with van der Waals surface area (Å²) in [4.78, 5) is 36.3. The predicted octanol–water partition coefficient (Wildman–Crippen LogP) is 2.95. The molecule has 8 heteroatoms. The Kier molecular flexibility index (Phi) is 6.24. The van der Waals surface area contributed by atoms with Crippen LogP contribution in [0.4, 0.5) is 9.18 Å². The molecular weight excluding hydrogens is 347 g/mol. The summed E-state index contributed by atoms with van der Waals surface area (Å²) in [7, 11) is 0. The molecule has 6 nitrogen and oxygen atoms in total. The third-order valence-corrected chi connectivity index (χ3v) is 4.28. The summed E-state index contributed by atoms with van der Waals surface area (Å²) in [6, 6.07) is 8.53. The second-order valence-corrected chi connectivity index (χ2v) is 6.15. The van der Waals surface area contributed by atoms with Gasteiger partial charge >= 0.3 is 12.0 Å². The summed E-state index contributed by atoms with van der Waals surface area (Å²) in [6.45, 7) is 3.46. The van der Waals surface area contributed by atoms with Crippen LogP contribution in [0.3, 0.4) is 0 Å². The van der Waals surface area contributed by atoms with Gasteiger partial charge in [-0.05, 0) is 43.7 Å². The molecule has 132 valence electrons. The van der Waals surface area contributed by atoms with Crippen LogP contribution >= 0.6 is 11.3 Å². The van der Waals surface area contributed by atoms with Crippen molar-refractivity contribution in [1.29, 1.82) is 0 Å². The van der Waals surface area contributed by atoms with E-state index < -0.39 is 24.0 Å². The second-order valence-electron chi connectivity index (χ2n) is 5.07. The summed E-state index contributed by atoms with van der Waals surface area (Å²) in [5, 5.41) is 4.48. The van der Waals surface area contributed by atoms with E-state index in [-0.39, 0.29) is 5.82 Å². The molecule has 3 amide bonds. The van der Waals surface area contributed by atoms with Gasteiger partial charge in [-0.25, -0.2) is 14.0 Å². The normalized spacial score (nSPS) is 11.5. The van der Waals surface area contributed by atoms with Crippen molar-refractivity contribution in [3.63, 3.8) is 0 Å². The fourth-order valence-corrected chi connectivity index (χ4v) is 2.80. The highest BCUT2D eigenvalue weighted by atomic mass is 32.1. The molecule has 1 atom stereocenters. The summed E-state index contributed by atoms with van der Waals surface area (Å²) >= 11 is 1.17. The second kappa shape index (κ2) is 8.39. The number of amides is 3. The van der Waals surface area contributed by atoms with Gasteiger partial charge < -0.3 is 10.1 Å². The SMILES string of the molecule is CCNC(=O)NC(=O)C(C)OC(=O)c1ccc(-c2ccc(F)cc2)s1. The summed E-state index contributed by atoms with van der Waals surface area (Å²) in [5.74, 6) is -1.72. The molecular formula is C17H17FN2O4S. The van der Waals surface area contributed by atoms with Crippen LogP contribution in [0.25, 0.3) is 10.4 Å². The van der Waals surface area contributed by atoms with Crippen molar-refractivity contribution in [2.24, 2.45) is 0 Å². The minimum atomic E-state index is -1.12. The van der Waals surface area contributed by atoms with Gasteiger partial charge in [0, 0.05) is 11.4 Å². The van der Waals surface area contributed by atoms with Crippen LogP contribution in [0.5, 0.6) is 0 Å². The van der Waals surface area contributed by atoms with E-state index in [0.29, 0.717) is 11.4 Å². The zero-order valence-corrected chi connectivity index (χ0v) is 14.5. The first kappa shape index (κ1) is 18.6. The Balaban J connectivity index is 1.98. The minimum Gasteiger partial charge on any atom is -0.448 e. The van der Waals surface area contributed by atoms with Gasteiger partial charge in [0.25, 0.3) is 5.91 Å². The number of urea groups is 1. The lowest BCUT2D eigenvalue weighted by atomic mass is 10.2. The van der Waals surface area contributed by atoms with Gasteiger partial charge in [0.1, 0.15) is 10.7 Å². The molecule has 1 aromatic heterocycles. The molecule has 1 aromatic carbocycles.